The summed E-state index contributed by atoms with van der Waals surface area (Å²) in [6.07, 6.45) is -1.91. The van der Waals surface area contributed by atoms with Gasteiger partial charge < -0.3 is 5.32 Å². The van der Waals surface area contributed by atoms with Crippen molar-refractivity contribution in [2.45, 2.75) is 25.4 Å². The van der Waals surface area contributed by atoms with Crippen LogP contribution in [0.15, 0.2) is 42.5 Å². The fraction of sp³-hybridized carbons (Fsp3) is 0.250. The van der Waals surface area contributed by atoms with Crippen LogP contribution < -0.4 is 5.32 Å². The van der Waals surface area contributed by atoms with E-state index in [1.807, 2.05) is 12.1 Å². The summed E-state index contributed by atoms with van der Waals surface area (Å²) in [5.74, 6) is 0.790. The highest BCUT2D eigenvalue weighted by Crippen LogP contribution is 2.40. The Morgan fingerprint density at radius 2 is 1.86 bits per heavy atom. The molecule has 0 aliphatic carbocycles. The standard InChI is InChI=1S/C20H16Cl2F3N3/c21-13-4-3-5-14(11-13)28-19-15(6-1-2-9-26-19)18(27-28)12-7-8-17(22)16(10-12)20(23,24)25/h3-5,7-8,10-11,26H,1-2,6,9H2. The number of aromatic nitrogens is 2. The topological polar surface area (TPSA) is 29.9 Å². The van der Waals surface area contributed by atoms with Gasteiger partial charge in [-0.25, -0.2) is 4.68 Å². The molecule has 8 heteroatoms. The number of fused-ring (bicyclic) bond motifs is 1. The number of benzene rings is 2. The van der Waals surface area contributed by atoms with Gasteiger partial charge in [-0.1, -0.05) is 35.3 Å². The van der Waals surface area contributed by atoms with Crippen molar-refractivity contribution in [3.05, 3.63) is 63.6 Å². The Morgan fingerprint density at radius 1 is 1.04 bits per heavy atom. The van der Waals surface area contributed by atoms with E-state index in [1.54, 1.807) is 22.9 Å². The molecule has 1 aliphatic rings. The molecule has 0 saturated carbocycles. The summed E-state index contributed by atoms with van der Waals surface area (Å²) >= 11 is 11.9. The predicted octanol–water partition coefficient (Wildman–Crippen LogP) is 6.61. The summed E-state index contributed by atoms with van der Waals surface area (Å²) in [5.41, 5.74) is 1.69. The maximum Gasteiger partial charge on any atom is 0.417 e. The van der Waals surface area contributed by atoms with Crippen molar-refractivity contribution in [3.63, 3.8) is 0 Å². The second kappa shape index (κ2) is 7.33. The Balaban J connectivity index is 1.91. The molecule has 1 aliphatic heterocycles. The van der Waals surface area contributed by atoms with Crippen LogP contribution >= 0.6 is 23.2 Å². The number of anilines is 1. The van der Waals surface area contributed by atoms with Gasteiger partial charge in [0, 0.05) is 22.7 Å². The van der Waals surface area contributed by atoms with E-state index in [9.17, 15) is 13.2 Å². The fourth-order valence-electron chi connectivity index (χ4n) is 3.42. The van der Waals surface area contributed by atoms with Gasteiger partial charge in [0.15, 0.2) is 0 Å². The first kappa shape index (κ1) is 19.2. The molecular weight excluding hydrogens is 410 g/mol. The molecule has 28 heavy (non-hydrogen) atoms. The van der Waals surface area contributed by atoms with Crippen LogP contribution in [-0.2, 0) is 12.6 Å². The van der Waals surface area contributed by atoms with Crippen molar-refractivity contribution in [1.82, 2.24) is 9.78 Å². The van der Waals surface area contributed by atoms with Crippen molar-refractivity contribution in [2.24, 2.45) is 0 Å². The Labute approximate surface area is 170 Å². The highest BCUT2D eigenvalue weighted by Gasteiger charge is 2.34. The molecule has 0 amide bonds. The molecule has 4 rings (SSSR count). The highest BCUT2D eigenvalue weighted by atomic mass is 35.5. The molecule has 0 spiro atoms. The Morgan fingerprint density at radius 3 is 2.61 bits per heavy atom. The molecule has 2 heterocycles. The second-order valence-corrected chi connectivity index (χ2v) is 7.49. The van der Waals surface area contributed by atoms with Crippen LogP contribution in [0.3, 0.4) is 0 Å². The lowest BCUT2D eigenvalue weighted by atomic mass is 10.0. The third-order valence-corrected chi connectivity index (χ3v) is 5.29. The maximum absolute atomic E-state index is 13.3. The van der Waals surface area contributed by atoms with E-state index >= 15 is 0 Å². The quantitative estimate of drug-likeness (QED) is 0.500. The fourth-order valence-corrected chi connectivity index (χ4v) is 3.83. The smallest absolute Gasteiger partial charge is 0.370 e. The number of hydrogen-bond acceptors (Lipinski definition) is 2. The van der Waals surface area contributed by atoms with Gasteiger partial charge in [0.05, 0.1) is 22.0 Å². The summed E-state index contributed by atoms with van der Waals surface area (Å²) in [7, 11) is 0. The summed E-state index contributed by atoms with van der Waals surface area (Å²) in [6, 6.07) is 11.1. The van der Waals surface area contributed by atoms with Crippen molar-refractivity contribution < 1.29 is 13.2 Å². The molecule has 1 N–H and O–H groups in total. The molecule has 0 atom stereocenters. The van der Waals surface area contributed by atoms with E-state index in [-0.39, 0.29) is 5.02 Å². The summed E-state index contributed by atoms with van der Waals surface area (Å²) in [6.45, 7) is 0.771. The first-order valence-corrected chi connectivity index (χ1v) is 9.59. The van der Waals surface area contributed by atoms with E-state index in [0.717, 1.165) is 48.9 Å². The van der Waals surface area contributed by atoms with Gasteiger partial charge in [0.25, 0.3) is 0 Å². The van der Waals surface area contributed by atoms with Gasteiger partial charge in [-0.2, -0.15) is 18.3 Å². The second-order valence-electron chi connectivity index (χ2n) is 6.64. The van der Waals surface area contributed by atoms with Gasteiger partial charge in [-0.05, 0) is 49.6 Å². The third-order valence-electron chi connectivity index (χ3n) is 4.73. The number of alkyl halides is 3. The zero-order valence-electron chi connectivity index (χ0n) is 14.7. The highest BCUT2D eigenvalue weighted by molar-refractivity contribution is 6.31. The predicted molar refractivity (Wildman–Crippen MR) is 105 cm³/mol. The Hall–Kier alpha value is -2.18. The molecule has 0 saturated heterocycles. The number of rotatable bonds is 2. The van der Waals surface area contributed by atoms with Crippen LogP contribution in [0.4, 0.5) is 19.0 Å². The maximum atomic E-state index is 13.3. The van der Waals surface area contributed by atoms with E-state index < -0.39 is 11.7 Å². The van der Waals surface area contributed by atoms with E-state index in [4.69, 9.17) is 23.2 Å². The minimum absolute atomic E-state index is 0.324. The molecular formula is C20H16Cl2F3N3. The normalized spacial score (nSPS) is 14.3. The average Bonchev–Trinajstić information content (AvgIpc) is 2.82. The Bertz CT molecular complexity index is 1030. The van der Waals surface area contributed by atoms with Crippen LogP contribution in [0.2, 0.25) is 10.0 Å². The summed E-state index contributed by atoms with van der Waals surface area (Å²) < 4.78 is 41.7. The lowest BCUT2D eigenvalue weighted by molar-refractivity contribution is -0.137. The molecule has 0 unspecified atom stereocenters. The van der Waals surface area contributed by atoms with Crippen molar-refractivity contribution in [2.75, 3.05) is 11.9 Å². The first-order valence-electron chi connectivity index (χ1n) is 8.83. The van der Waals surface area contributed by atoms with Crippen LogP contribution in [0, 0.1) is 0 Å². The minimum Gasteiger partial charge on any atom is -0.370 e. The number of hydrogen-bond donors (Lipinski definition) is 1. The molecule has 146 valence electrons. The van der Waals surface area contributed by atoms with E-state index in [1.165, 1.54) is 6.07 Å². The van der Waals surface area contributed by atoms with Crippen molar-refractivity contribution in [1.29, 1.82) is 0 Å². The van der Waals surface area contributed by atoms with Gasteiger partial charge in [0.2, 0.25) is 0 Å². The lowest BCUT2D eigenvalue weighted by Gasteiger charge is -2.10. The SMILES string of the molecule is FC(F)(F)c1cc(-c2nn(-c3cccc(Cl)c3)c3c2CCCCN3)ccc1Cl. The van der Waals surface area contributed by atoms with E-state index in [0.29, 0.717) is 16.3 Å². The molecule has 1 aromatic heterocycles. The van der Waals surface area contributed by atoms with Crippen LogP contribution in [-0.4, -0.2) is 16.3 Å². The number of nitrogens with one attached hydrogen (secondary N) is 1. The Kier molecular flexibility index (Phi) is 5.02. The molecule has 0 bridgehead atoms. The molecule has 2 aromatic carbocycles. The van der Waals surface area contributed by atoms with Gasteiger partial charge >= 0.3 is 6.18 Å². The zero-order valence-corrected chi connectivity index (χ0v) is 16.2. The van der Waals surface area contributed by atoms with Gasteiger partial charge in [-0.15, -0.1) is 0 Å². The monoisotopic (exact) mass is 425 g/mol. The number of halogens is 5. The van der Waals surface area contributed by atoms with Crippen molar-refractivity contribution >= 4 is 29.0 Å². The van der Waals surface area contributed by atoms with Crippen molar-refractivity contribution in [3.8, 4) is 16.9 Å². The minimum atomic E-state index is -4.53. The molecule has 0 fully saturated rings. The van der Waals surface area contributed by atoms with Gasteiger partial charge in [0.1, 0.15) is 5.82 Å². The summed E-state index contributed by atoms with van der Waals surface area (Å²) in [4.78, 5) is 0. The van der Waals surface area contributed by atoms with Crippen LogP contribution in [0.1, 0.15) is 24.0 Å². The summed E-state index contributed by atoms with van der Waals surface area (Å²) in [5, 5.41) is 8.25. The molecule has 0 radical (unpaired) electrons. The van der Waals surface area contributed by atoms with Gasteiger partial charge in [-0.3, -0.25) is 0 Å². The molecule has 3 nitrogen and oxygen atoms in total. The van der Waals surface area contributed by atoms with Crippen LogP contribution in [0.25, 0.3) is 16.9 Å². The van der Waals surface area contributed by atoms with E-state index in [2.05, 4.69) is 10.4 Å². The number of nitrogens with zero attached hydrogens (tertiary/aromatic N) is 2. The zero-order chi connectivity index (χ0) is 19.9. The first-order chi connectivity index (χ1) is 13.3. The largest absolute Gasteiger partial charge is 0.417 e. The lowest BCUT2D eigenvalue weighted by Crippen LogP contribution is -2.07. The average molecular weight is 426 g/mol. The molecule has 3 aromatic rings. The van der Waals surface area contributed by atoms with Crippen LogP contribution in [0.5, 0.6) is 0 Å². The third kappa shape index (κ3) is 3.59.